The number of carbonyl (C=O) groups is 1. The molecule has 0 bridgehead atoms. The number of benzene rings is 1. The van der Waals surface area contributed by atoms with Gasteiger partial charge in [0.25, 0.3) is 0 Å². The van der Waals surface area contributed by atoms with E-state index in [0.29, 0.717) is 18.1 Å². The van der Waals surface area contributed by atoms with Crippen molar-refractivity contribution in [2.45, 2.75) is 52.3 Å². The Balaban J connectivity index is 2.48. The van der Waals surface area contributed by atoms with E-state index in [9.17, 15) is 4.79 Å². The molecule has 1 aromatic rings. The molecule has 0 aliphatic rings. The molecule has 6 heteroatoms. The van der Waals surface area contributed by atoms with Gasteiger partial charge in [0.05, 0.1) is 5.54 Å². The van der Waals surface area contributed by atoms with Gasteiger partial charge in [-0.2, -0.15) is 0 Å². The molecular weight excluding hydrogens is 368 g/mol. The van der Waals surface area contributed by atoms with Crippen molar-refractivity contribution < 1.29 is 9.53 Å². The highest BCUT2D eigenvalue weighted by Gasteiger charge is 2.24. The predicted octanol–water partition coefficient (Wildman–Crippen LogP) is 4.50. The van der Waals surface area contributed by atoms with E-state index in [1.165, 1.54) is 0 Å². The molecule has 0 fully saturated rings. The highest BCUT2D eigenvalue weighted by Crippen LogP contribution is 2.21. The van der Waals surface area contributed by atoms with Gasteiger partial charge in [0, 0.05) is 22.6 Å². The van der Waals surface area contributed by atoms with Crippen LogP contribution in [0.1, 0.15) is 40.2 Å². The summed E-state index contributed by atoms with van der Waals surface area (Å²) < 4.78 is 6.27. The topological polar surface area (TPSA) is 50.4 Å². The molecule has 4 nitrogen and oxygen atoms in total. The SMILES string of the molecule is CC(C)(CNCc1cc(Cl)ccc1Br)NC(=O)OC(C)(C)C. The average molecular weight is 392 g/mol. The molecule has 0 unspecified atom stereocenters. The Kier molecular flexibility index (Phi) is 6.71. The normalized spacial score (nSPS) is 12.1. The Morgan fingerprint density at radius 3 is 2.50 bits per heavy atom. The van der Waals surface area contributed by atoms with Crippen molar-refractivity contribution in [3.8, 4) is 0 Å². The first-order valence-corrected chi connectivity index (χ1v) is 8.31. The van der Waals surface area contributed by atoms with Crippen molar-refractivity contribution in [1.29, 1.82) is 0 Å². The third-order valence-electron chi connectivity index (χ3n) is 2.73. The van der Waals surface area contributed by atoms with Gasteiger partial charge in [-0.25, -0.2) is 4.79 Å². The summed E-state index contributed by atoms with van der Waals surface area (Å²) in [4.78, 5) is 11.8. The van der Waals surface area contributed by atoms with Crippen LogP contribution >= 0.6 is 27.5 Å². The van der Waals surface area contributed by atoms with E-state index in [1.54, 1.807) is 0 Å². The van der Waals surface area contributed by atoms with E-state index in [0.717, 1.165) is 10.0 Å². The van der Waals surface area contributed by atoms with E-state index >= 15 is 0 Å². The van der Waals surface area contributed by atoms with E-state index in [-0.39, 0.29) is 0 Å². The first-order valence-electron chi connectivity index (χ1n) is 7.14. The fourth-order valence-corrected chi connectivity index (χ4v) is 2.39. The van der Waals surface area contributed by atoms with Gasteiger partial charge in [0.15, 0.2) is 0 Å². The third-order valence-corrected chi connectivity index (χ3v) is 3.74. The molecule has 1 rings (SSSR count). The Labute approximate surface area is 146 Å². The summed E-state index contributed by atoms with van der Waals surface area (Å²) >= 11 is 9.49. The van der Waals surface area contributed by atoms with Crippen molar-refractivity contribution in [3.05, 3.63) is 33.3 Å². The molecule has 1 aromatic carbocycles. The van der Waals surface area contributed by atoms with Crippen LogP contribution in [0.25, 0.3) is 0 Å². The Bertz CT molecular complexity index is 527. The molecule has 1 amide bonds. The number of alkyl carbamates (subject to hydrolysis) is 1. The summed E-state index contributed by atoms with van der Waals surface area (Å²) in [6.45, 7) is 10.7. The lowest BCUT2D eigenvalue weighted by molar-refractivity contribution is 0.0472. The number of ether oxygens (including phenoxy) is 1. The van der Waals surface area contributed by atoms with Gasteiger partial charge in [0.1, 0.15) is 5.60 Å². The van der Waals surface area contributed by atoms with E-state index < -0.39 is 17.2 Å². The third kappa shape index (κ3) is 7.47. The van der Waals surface area contributed by atoms with Crippen molar-refractivity contribution in [2.24, 2.45) is 0 Å². The van der Waals surface area contributed by atoms with E-state index in [4.69, 9.17) is 16.3 Å². The molecule has 0 atom stereocenters. The van der Waals surface area contributed by atoms with Crippen molar-refractivity contribution in [2.75, 3.05) is 6.54 Å². The van der Waals surface area contributed by atoms with Crippen LogP contribution in [0.2, 0.25) is 5.02 Å². The van der Waals surface area contributed by atoms with Crippen LogP contribution in [0.15, 0.2) is 22.7 Å². The zero-order valence-electron chi connectivity index (χ0n) is 13.7. The average Bonchev–Trinajstić information content (AvgIpc) is 2.30. The lowest BCUT2D eigenvalue weighted by Crippen LogP contribution is -2.51. The first kappa shape index (κ1) is 19.3. The molecule has 0 saturated heterocycles. The van der Waals surface area contributed by atoms with Gasteiger partial charge < -0.3 is 15.4 Å². The standard InChI is InChI=1S/C16H24BrClN2O2/c1-15(2,3)22-14(21)20-16(4,5)10-19-9-11-8-12(18)6-7-13(11)17/h6-8,19H,9-10H2,1-5H3,(H,20,21). The molecule has 22 heavy (non-hydrogen) atoms. The van der Waals surface area contributed by atoms with Crippen LogP contribution in [0.4, 0.5) is 4.79 Å². The summed E-state index contributed by atoms with van der Waals surface area (Å²) in [7, 11) is 0. The van der Waals surface area contributed by atoms with Crippen LogP contribution in [-0.2, 0) is 11.3 Å². The second-order valence-corrected chi connectivity index (χ2v) is 8.14. The Morgan fingerprint density at radius 2 is 1.91 bits per heavy atom. The zero-order chi connectivity index (χ0) is 17.0. The second kappa shape index (κ2) is 7.66. The van der Waals surface area contributed by atoms with Gasteiger partial charge in [-0.15, -0.1) is 0 Å². The maximum Gasteiger partial charge on any atom is 0.408 e. The highest BCUT2D eigenvalue weighted by molar-refractivity contribution is 9.10. The zero-order valence-corrected chi connectivity index (χ0v) is 16.1. The summed E-state index contributed by atoms with van der Waals surface area (Å²) in [5.41, 5.74) is 0.146. The first-order chi connectivity index (χ1) is 9.98. The van der Waals surface area contributed by atoms with Crippen LogP contribution in [0, 0.1) is 0 Å². The Hall–Kier alpha value is -0.780. The van der Waals surface area contributed by atoms with Crippen LogP contribution in [-0.4, -0.2) is 23.8 Å². The molecule has 2 N–H and O–H groups in total. The minimum atomic E-state index is -0.501. The largest absolute Gasteiger partial charge is 0.444 e. The summed E-state index contributed by atoms with van der Waals surface area (Å²) in [6.07, 6.45) is -0.414. The number of carbonyl (C=O) groups excluding carboxylic acids is 1. The molecule has 124 valence electrons. The smallest absolute Gasteiger partial charge is 0.408 e. The quantitative estimate of drug-likeness (QED) is 0.777. The van der Waals surface area contributed by atoms with E-state index in [2.05, 4.69) is 26.6 Å². The van der Waals surface area contributed by atoms with Gasteiger partial charge >= 0.3 is 6.09 Å². The van der Waals surface area contributed by atoms with Crippen molar-refractivity contribution in [1.82, 2.24) is 10.6 Å². The van der Waals surface area contributed by atoms with Crippen molar-refractivity contribution >= 4 is 33.6 Å². The Morgan fingerprint density at radius 1 is 1.27 bits per heavy atom. The lowest BCUT2D eigenvalue weighted by Gasteiger charge is -2.29. The van der Waals surface area contributed by atoms with Gasteiger partial charge in [0.2, 0.25) is 0 Å². The second-order valence-electron chi connectivity index (χ2n) is 6.85. The van der Waals surface area contributed by atoms with Gasteiger partial charge in [-0.05, 0) is 58.4 Å². The van der Waals surface area contributed by atoms with Crippen molar-refractivity contribution in [3.63, 3.8) is 0 Å². The van der Waals surface area contributed by atoms with Gasteiger partial charge in [-0.1, -0.05) is 27.5 Å². The number of halogens is 2. The number of nitrogens with one attached hydrogen (secondary N) is 2. The number of rotatable bonds is 5. The predicted molar refractivity (Wildman–Crippen MR) is 94.3 cm³/mol. The molecule has 0 aliphatic heterocycles. The summed E-state index contributed by atoms with van der Waals surface area (Å²) in [6, 6.07) is 5.67. The maximum atomic E-state index is 11.8. The molecule has 0 aromatic heterocycles. The highest BCUT2D eigenvalue weighted by atomic mass is 79.9. The number of hydrogen-bond donors (Lipinski definition) is 2. The molecular formula is C16H24BrClN2O2. The minimum Gasteiger partial charge on any atom is -0.444 e. The summed E-state index contributed by atoms with van der Waals surface area (Å²) in [5, 5.41) is 6.88. The fourth-order valence-electron chi connectivity index (χ4n) is 1.81. The van der Waals surface area contributed by atoms with Crippen LogP contribution in [0.3, 0.4) is 0 Å². The maximum absolute atomic E-state index is 11.8. The van der Waals surface area contributed by atoms with Crippen LogP contribution in [0.5, 0.6) is 0 Å². The van der Waals surface area contributed by atoms with Crippen LogP contribution < -0.4 is 10.6 Å². The molecule has 0 radical (unpaired) electrons. The molecule has 0 spiro atoms. The minimum absolute atomic E-state index is 0.414. The monoisotopic (exact) mass is 390 g/mol. The van der Waals surface area contributed by atoms with E-state index in [1.807, 2.05) is 52.8 Å². The number of amides is 1. The summed E-state index contributed by atoms with van der Waals surface area (Å²) in [5.74, 6) is 0. The lowest BCUT2D eigenvalue weighted by atomic mass is 10.1. The molecule has 0 saturated carbocycles. The fraction of sp³-hybridized carbons (Fsp3) is 0.562. The van der Waals surface area contributed by atoms with Gasteiger partial charge in [-0.3, -0.25) is 0 Å². The molecule has 0 heterocycles. The molecule has 0 aliphatic carbocycles. The number of hydrogen-bond acceptors (Lipinski definition) is 3.